The van der Waals surface area contributed by atoms with Gasteiger partial charge in [-0.25, -0.2) is 9.78 Å². The number of thiazole rings is 1. The maximum atomic E-state index is 12.8. The van der Waals surface area contributed by atoms with Gasteiger partial charge in [-0.2, -0.15) is 0 Å². The van der Waals surface area contributed by atoms with Gasteiger partial charge in [-0.3, -0.25) is 14.3 Å². The van der Waals surface area contributed by atoms with Crippen molar-refractivity contribution in [3.05, 3.63) is 74.7 Å². The molecule has 7 nitrogen and oxygen atoms in total. The molecule has 4 rings (SSSR count). The SMILES string of the molecule is Cc1ccc(-c2nc(C)c(C(=O)Nc3cccc(-c4noc(=O)[nH]4)c3)s2)c(C)c1. The predicted octanol–water partition coefficient (Wildman–Crippen LogP) is 4.33. The first-order valence-corrected chi connectivity index (χ1v) is 9.75. The Labute approximate surface area is 170 Å². The van der Waals surface area contributed by atoms with Gasteiger partial charge in [0.05, 0.1) is 5.69 Å². The molecule has 0 fully saturated rings. The number of aromatic amines is 1. The van der Waals surface area contributed by atoms with Crippen LogP contribution in [0.25, 0.3) is 22.0 Å². The molecule has 1 amide bonds. The monoisotopic (exact) mass is 406 g/mol. The van der Waals surface area contributed by atoms with Crippen LogP contribution in [0.5, 0.6) is 0 Å². The van der Waals surface area contributed by atoms with E-state index in [1.165, 1.54) is 16.9 Å². The Morgan fingerprint density at radius 2 is 1.97 bits per heavy atom. The minimum absolute atomic E-state index is 0.234. The van der Waals surface area contributed by atoms with E-state index < -0.39 is 5.76 Å². The molecule has 0 saturated heterocycles. The Morgan fingerprint density at radius 3 is 2.69 bits per heavy atom. The van der Waals surface area contributed by atoms with Crippen molar-refractivity contribution in [2.45, 2.75) is 20.8 Å². The maximum Gasteiger partial charge on any atom is 0.439 e. The number of carbonyl (C=O) groups excluding carboxylic acids is 1. The molecule has 0 bridgehead atoms. The van der Waals surface area contributed by atoms with E-state index >= 15 is 0 Å². The van der Waals surface area contributed by atoms with Crippen LogP contribution >= 0.6 is 11.3 Å². The van der Waals surface area contributed by atoms with Gasteiger partial charge in [0, 0.05) is 16.8 Å². The Morgan fingerprint density at radius 1 is 1.14 bits per heavy atom. The smallest absolute Gasteiger partial charge is 0.321 e. The number of carbonyl (C=O) groups is 1. The molecule has 0 aliphatic heterocycles. The highest BCUT2D eigenvalue weighted by molar-refractivity contribution is 7.17. The van der Waals surface area contributed by atoms with Crippen LogP contribution in [0.2, 0.25) is 0 Å². The Bertz CT molecular complexity index is 1270. The average Bonchev–Trinajstić information content (AvgIpc) is 3.28. The first kappa shape index (κ1) is 18.8. The van der Waals surface area contributed by atoms with E-state index in [1.807, 2.05) is 32.9 Å². The summed E-state index contributed by atoms with van der Waals surface area (Å²) in [6, 6.07) is 13.2. The maximum absolute atomic E-state index is 12.8. The second kappa shape index (κ2) is 7.48. The first-order valence-electron chi connectivity index (χ1n) is 8.93. The molecule has 0 unspecified atom stereocenters. The zero-order valence-electron chi connectivity index (χ0n) is 16.1. The third-order valence-corrected chi connectivity index (χ3v) is 5.64. The summed E-state index contributed by atoms with van der Waals surface area (Å²) in [5, 5.41) is 7.37. The molecule has 4 aromatic rings. The number of hydrogen-bond donors (Lipinski definition) is 2. The highest BCUT2D eigenvalue weighted by Gasteiger charge is 2.18. The van der Waals surface area contributed by atoms with Crippen molar-refractivity contribution >= 4 is 22.9 Å². The van der Waals surface area contributed by atoms with Crippen LogP contribution in [0.1, 0.15) is 26.5 Å². The number of rotatable bonds is 4. The Balaban J connectivity index is 1.59. The summed E-state index contributed by atoms with van der Waals surface area (Å²) in [4.78, 5) is 31.6. The number of nitrogens with one attached hydrogen (secondary N) is 2. The van der Waals surface area contributed by atoms with E-state index in [4.69, 9.17) is 0 Å². The number of nitrogens with zero attached hydrogens (tertiary/aromatic N) is 2. The molecular weight excluding hydrogens is 388 g/mol. The first-order chi connectivity index (χ1) is 13.9. The van der Waals surface area contributed by atoms with Gasteiger partial charge in [-0.05, 0) is 38.5 Å². The topological polar surface area (TPSA) is 101 Å². The van der Waals surface area contributed by atoms with Crippen LogP contribution in [-0.2, 0) is 0 Å². The summed E-state index contributed by atoms with van der Waals surface area (Å²) < 4.78 is 4.53. The number of amides is 1. The van der Waals surface area contributed by atoms with Gasteiger partial charge in [-0.1, -0.05) is 41.1 Å². The summed E-state index contributed by atoms with van der Waals surface area (Å²) in [6.07, 6.45) is 0. The molecule has 29 heavy (non-hydrogen) atoms. The molecule has 2 N–H and O–H groups in total. The van der Waals surface area contributed by atoms with Gasteiger partial charge in [0.15, 0.2) is 5.82 Å². The zero-order chi connectivity index (χ0) is 20.5. The lowest BCUT2D eigenvalue weighted by molar-refractivity contribution is 0.103. The van der Waals surface area contributed by atoms with Crippen molar-refractivity contribution < 1.29 is 9.32 Å². The summed E-state index contributed by atoms with van der Waals surface area (Å²) in [6.45, 7) is 5.92. The van der Waals surface area contributed by atoms with Gasteiger partial charge in [0.25, 0.3) is 5.91 Å². The lowest BCUT2D eigenvalue weighted by Gasteiger charge is -2.05. The van der Waals surface area contributed by atoms with Crippen molar-refractivity contribution in [2.24, 2.45) is 0 Å². The van der Waals surface area contributed by atoms with E-state index in [-0.39, 0.29) is 5.91 Å². The molecule has 0 spiro atoms. The summed E-state index contributed by atoms with van der Waals surface area (Å²) in [5.74, 6) is -0.562. The summed E-state index contributed by atoms with van der Waals surface area (Å²) in [5.41, 5.74) is 5.23. The van der Waals surface area contributed by atoms with Crippen molar-refractivity contribution in [2.75, 3.05) is 5.32 Å². The van der Waals surface area contributed by atoms with Crippen LogP contribution in [0, 0.1) is 20.8 Å². The predicted molar refractivity (Wildman–Crippen MR) is 112 cm³/mol. The average molecular weight is 406 g/mol. The molecule has 0 atom stereocenters. The summed E-state index contributed by atoms with van der Waals surface area (Å²) >= 11 is 1.37. The molecule has 0 radical (unpaired) electrons. The molecule has 8 heteroatoms. The van der Waals surface area contributed by atoms with Crippen molar-refractivity contribution in [3.63, 3.8) is 0 Å². The van der Waals surface area contributed by atoms with E-state index in [1.54, 1.807) is 24.3 Å². The van der Waals surface area contributed by atoms with Gasteiger partial charge < -0.3 is 5.32 Å². The third kappa shape index (κ3) is 3.88. The Kier molecular flexibility index (Phi) is 4.85. The van der Waals surface area contributed by atoms with E-state index in [0.29, 0.717) is 27.6 Å². The second-order valence-corrected chi connectivity index (χ2v) is 7.73. The normalized spacial score (nSPS) is 10.9. The standard InChI is InChI=1S/C21H18N4O3S/c1-11-7-8-16(12(2)9-11)20-22-13(3)17(29-20)19(26)23-15-6-4-5-14(10-15)18-24-21(27)28-25-18/h4-10H,1-3H3,(H,23,26)(H,24,25,27). The van der Waals surface area contributed by atoms with Crippen molar-refractivity contribution in [1.82, 2.24) is 15.1 Å². The molecule has 2 aromatic heterocycles. The quantitative estimate of drug-likeness (QED) is 0.525. The third-order valence-electron chi connectivity index (χ3n) is 4.45. The number of aryl methyl sites for hydroxylation is 3. The fourth-order valence-corrected chi connectivity index (χ4v) is 4.11. The Hall–Kier alpha value is -3.52. The number of benzene rings is 2. The fraction of sp³-hybridized carbons (Fsp3) is 0.143. The fourth-order valence-electron chi connectivity index (χ4n) is 3.06. The van der Waals surface area contributed by atoms with Gasteiger partial charge >= 0.3 is 5.76 Å². The highest BCUT2D eigenvalue weighted by atomic mass is 32.1. The zero-order valence-corrected chi connectivity index (χ0v) is 16.9. The van der Waals surface area contributed by atoms with Crippen LogP contribution in [0.3, 0.4) is 0 Å². The minimum atomic E-state index is -0.631. The molecule has 2 heterocycles. The van der Waals surface area contributed by atoms with Crippen LogP contribution in [-0.4, -0.2) is 21.0 Å². The summed E-state index contributed by atoms with van der Waals surface area (Å²) in [7, 11) is 0. The molecule has 0 aliphatic carbocycles. The van der Waals surface area contributed by atoms with E-state index in [9.17, 15) is 9.59 Å². The van der Waals surface area contributed by atoms with Crippen molar-refractivity contribution in [3.8, 4) is 22.0 Å². The molecule has 146 valence electrons. The van der Waals surface area contributed by atoms with Gasteiger partial charge in [0.1, 0.15) is 9.88 Å². The van der Waals surface area contributed by atoms with Gasteiger partial charge in [-0.15, -0.1) is 11.3 Å². The lowest BCUT2D eigenvalue weighted by atomic mass is 10.1. The number of H-pyrrole nitrogens is 1. The van der Waals surface area contributed by atoms with Crippen LogP contribution in [0.4, 0.5) is 5.69 Å². The van der Waals surface area contributed by atoms with Crippen LogP contribution in [0.15, 0.2) is 51.8 Å². The highest BCUT2D eigenvalue weighted by Crippen LogP contribution is 2.31. The second-order valence-electron chi connectivity index (χ2n) is 6.73. The largest absolute Gasteiger partial charge is 0.439 e. The minimum Gasteiger partial charge on any atom is -0.321 e. The molecule has 0 saturated carbocycles. The van der Waals surface area contributed by atoms with E-state index in [2.05, 4.69) is 31.0 Å². The molecule has 0 aliphatic rings. The molecule has 2 aromatic carbocycles. The number of aromatic nitrogens is 3. The van der Waals surface area contributed by atoms with Crippen molar-refractivity contribution in [1.29, 1.82) is 0 Å². The van der Waals surface area contributed by atoms with Crippen LogP contribution < -0.4 is 11.1 Å². The molecular formula is C21H18N4O3S. The number of hydrogen-bond acceptors (Lipinski definition) is 6. The lowest BCUT2D eigenvalue weighted by Crippen LogP contribution is -2.11. The van der Waals surface area contributed by atoms with E-state index in [0.717, 1.165) is 16.1 Å². The van der Waals surface area contributed by atoms with Gasteiger partial charge in [0.2, 0.25) is 0 Å². The number of anilines is 1.